The van der Waals surface area contributed by atoms with Crippen LogP contribution in [0, 0.1) is 13.8 Å². The third-order valence-corrected chi connectivity index (χ3v) is 3.64. The van der Waals surface area contributed by atoms with Gasteiger partial charge >= 0.3 is 0 Å². The monoisotopic (exact) mass is 304 g/mol. The number of aliphatic hydroxyl groups excluding tert-OH is 1. The molecule has 1 aromatic heterocycles. The maximum absolute atomic E-state index is 10.1. The van der Waals surface area contributed by atoms with Crippen LogP contribution in [0.15, 0.2) is 24.3 Å². The Hall–Kier alpha value is -1.92. The van der Waals surface area contributed by atoms with E-state index in [0.29, 0.717) is 13.1 Å². The zero-order valence-electron chi connectivity index (χ0n) is 13.7. The van der Waals surface area contributed by atoms with Gasteiger partial charge in [0.05, 0.1) is 6.54 Å². The number of benzene rings is 1. The van der Waals surface area contributed by atoms with E-state index in [9.17, 15) is 5.11 Å². The minimum atomic E-state index is -0.557. The number of likely N-dealkylation sites (N-methyl/N-ethyl adjacent to an activating group) is 1. The van der Waals surface area contributed by atoms with Crippen LogP contribution in [-0.4, -0.2) is 51.1 Å². The van der Waals surface area contributed by atoms with E-state index < -0.39 is 6.10 Å². The molecule has 0 saturated heterocycles. The lowest BCUT2D eigenvalue weighted by molar-refractivity contribution is 0.0732. The Kier molecular flexibility index (Phi) is 5.51. The number of hydrogen-bond donors (Lipinski definition) is 1. The van der Waals surface area contributed by atoms with E-state index in [1.54, 1.807) is 0 Å². The van der Waals surface area contributed by atoms with Crippen LogP contribution < -0.4 is 4.74 Å². The van der Waals surface area contributed by atoms with Crippen molar-refractivity contribution in [3.05, 3.63) is 41.5 Å². The topological polar surface area (TPSA) is 63.4 Å². The van der Waals surface area contributed by atoms with Crippen molar-refractivity contribution in [2.45, 2.75) is 26.5 Å². The number of aromatic nitrogens is 3. The van der Waals surface area contributed by atoms with Crippen molar-refractivity contribution >= 4 is 0 Å². The highest BCUT2D eigenvalue weighted by Crippen LogP contribution is 2.16. The van der Waals surface area contributed by atoms with Crippen LogP contribution in [0.1, 0.15) is 17.2 Å². The largest absolute Gasteiger partial charge is 0.491 e. The van der Waals surface area contributed by atoms with Gasteiger partial charge in [0.2, 0.25) is 0 Å². The molecular formula is C16H24N4O2. The van der Waals surface area contributed by atoms with Gasteiger partial charge in [-0.05, 0) is 32.5 Å². The van der Waals surface area contributed by atoms with Crippen LogP contribution in [0.4, 0.5) is 0 Å². The Morgan fingerprint density at radius 2 is 2.00 bits per heavy atom. The third-order valence-electron chi connectivity index (χ3n) is 3.64. The van der Waals surface area contributed by atoms with E-state index in [2.05, 4.69) is 10.2 Å². The molecule has 0 fully saturated rings. The molecule has 0 aliphatic heterocycles. The zero-order chi connectivity index (χ0) is 16.1. The van der Waals surface area contributed by atoms with E-state index in [1.165, 1.54) is 0 Å². The van der Waals surface area contributed by atoms with Crippen molar-refractivity contribution in [1.82, 2.24) is 19.7 Å². The van der Waals surface area contributed by atoms with E-state index >= 15 is 0 Å². The van der Waals surface area contributed by atoms with Gasteiger partial charge in [-0.3, -0.25) is 4.90 Å². The summed E-state index contributed by atoms with van der Waals surface area (Å²) in [6, 6.07) is 7.80. The first-order valence-corrected chi connectivity index (χ1v) is 7.37. The molecule has 0 radical (unpaired) electrons. The summed E-state index contributed by atoms with van der Waals surface area (Å²) in [5.74, 6) is 2.58. The van der Waals surface area contributed by atoms with Gasteiger partial charge in [-0.15, -0.1) is 10.2 Å². The predicted octanol–water partition coefficient (Wildman–Crippen LogP) is 1.30. The van der Waals surface area contributed by atoms with Gasteiger partial charge < -0.3 is 14.4 Å². The van der Waals surface area contributed by atoms with Crippen molar-refractivity contribution in [3.63, 3.8) is 0 Å². The summed E-state index contributed by atoms with van der Waals surface area (Å²) in [4.78, 5) is 2.01. The lowest BCUT2D eigenvalue weighted by Gasteiger charge is -2.20. The number of para-hydroxylation sites is 1. The van der Waals surface area contributed by atoms with Crippen LogP contribution >= 0.6 is 0 Å². The Bertz CT molecular complexity index is 612. The summed E-state index contributed by atoms with van der Waals surface area (Å²) < 4.78 is 7.62. The fourth-order valence-corrected chi connectivity index (χ4v) is 2.21. The number of aryl methyl sites for hydroxylation is 2. The van der Waals surface area contributed by atoms with Crippen molar-refractivity contribution in [2.75, 3.05) is 20.2 Å². The molecule has 2 rings (SSSR count). The van der Waals surface area contributed by atoms with Crippen LogP contribution in [-0.2, 0) is 13.6 Å². The standard InChI is InChI=1S/C16H24N4O2/c1-12-7-5-6-8-15(12)22-11-14(21)9-19(3)10-16-18-17-13(2)20(16)4/h5-8,14,21H,9-11H2,1-4H3. The Labute approximate surface area is 131 Å². The van der Waals surface area contributed by atoms with Gasteiger partial charge in [0.1, 0.15) is 30.1 Å². The molecule has 1 aromatic carbocycles. The van der Waals surface area contributed by atoms with Crippen LogP contribution in [0.3, 0.4) is 0 Å². The van der Waals surface area contributed by atoms with Crippen LogP contribution in [0.25, 0.3) is 0 Å². The smallest absolute Gasteiger partial charge is 0.146 e. The van der Waals surface area contributed by atoms with Crippen molar-refractivity contribution in [2.24, 2.45) is 7.05 Å². The molecule has 1 unspecified atom stereocenters. The molecule has 0 bridgehead atoms. The first-order valence-electron chi connectivity index (χ1n) is 7.37. The summed E-state index contributed by atoms with van der Waals surface area (Å²) in [5.41, 5.74) is 1.07. The first-order chi connectivity index (χ1) is 10.5. The molecular weight excluding hydrogens is 280 g/mol. The van der Waals surface area contributed by atoms with Crippen LogP contribution in [0.2, 0.25) is 0 Å². The van der Waals surface area contributed by atoms with Gasteiger partial charge in [-0.2, -0.15) is 0 Å². The highest BCUT2D eigenvalue weighted by atomic mass is 16.5. The fourth-order valence-electron chi connectivity index (χ4n) is 2.21. The van der Waals surface area contributed by atoms with E-state index in [4.69, 9.17) is 4.74 Å². The number of nitrogens with zero attached hydrogens (tertiary/aromatic N) is 4. The molecule has 0 saturated carbocycles. The highest BCUT2D eigenvalue weighted by molar-refractivity contribution is 5.31. The maximum Gasteiger partial charge on any atom is 0.146 e. The maximum atomic E-state index is 10.1. The Balaban J connectivity index is 1.80. The molecule has 6 nitrogen and oxygen atoms in total. The quantitative estimate of drug-likeness (QED) is 0.835. The predicted molar refractivity (Wildman–Crippen MR) is 84.8 cm³/mol. The van der Waals surface area contributed by atoms with Crippen molar-refractivity contribution in [3.8, 4) is 5.75 Å². The van der Waals surface area contributed by atoms with Gasteiger partial charge in [0, 0.05) is 13.6 Å². The molecule has 1 N–H and O–H groups in total. The number of hydrogen-bond acceptors (Lipinski definition) is 5. The number of aliphatic hydroxyl groups is 1. The average molecular weight is 304 g/mol. The highest BCUT2D eigenvalue weighted by Gasteiger charge is 2.13. The number of rotatable bonds is 7. The molecule has 0 aliphatic rings. The molecule has 0 aliphatic carbocycles. The molecule has 0 spiro atoms. The number of ether oxygens (including phenoxy) is 1. The second-order valence-electron chi connectivity index (χ2n) is 5.65. The second kappa shape index (κ2) is 7.38. The van der Waals surface area contributed by atoms with E-state index in [-0.39, 0.29) is 6.61 Å². The third kappa shape index (κ3) is 4.29. The summed E-state index contributed by atoms with van der Waals surface area (Å²) in [6.45, 7) is 5.33. The molecule has 22 heavy (non-hydrogen) atoms. The van der Waals surface area contributed by atoms with Gasteiger partial charge in [-0.25, -0.2) is 0 Å². The molecule has 1 atom stereocenters. The van der Waals surface area contributed by atoms with Crippen molar-refractivity contribution < 1.29 is 9.84 Å². The Morgan fingerprint density at radius 3 is 2.64 bits per heavy atom. The first kappa shape index (κ1) is 16.5. The zero-order valence-corrected chi connectivity index (χ0v) is 13.7. The van der Waals surface area contributed by atoms with E-state index in [1.807, 2.05) is 61.7 Å². The minimum absolute atomic E-state index is 0.271. The molecule has 2 aromatic rings. The molecule has 1 heterocycles. The van der Waals surface area contributed by atoms with Crippen molar-refractivity contribution in [1.29, 1.82) is 0 Å². The molecule has 0 amide bonds. The molecule has 120 valence electrons. The summed E-state index contributed by atoms with van der Waals surface area (Å²) in [6.07, 6.45) is -0.557. The summed E-state index contributed by atoms with van der Waals surface area (Å²) >= 11 is 0. The van der Waals surface area contributed by atoms with Gasteiger partial charge in [-0.1, -0.05) is 18.2 Å². The minimum Gasteiger partial charge on any atom is -0.491 e. The van der Waals surface area contributed by atoms with Gasteiger partial charge in [0.15, 0.2) is 0 Å². The average Bonchev–Trinajstić information content (AvgIpc) is 2.78. The lowest BCUT2D eigenvalue weighted by atomic mass is 10.2. The Morgan fingerprint density at radius 1 is 1.27 bits per heavy atom. The van der Waals surface area contributed by atoms with Gasteiger partial charge in [0.25, 0.3) is 0 Å². The lowest BCUT2D eigenvalue weighted by Crippen LogP contribution is -2.33. The normalized spacial score (nSPS) is 12.6. The van der Waals surface area contributed by atoms with E-state index in [0.717, 1.165) is 23.0 Å². The fraction of sp³-hybridized carbons (Fsp3) is 0.500. The molecule has 6 heteroatoms. The van der Waals surface area contributed by atoms with Crippen LogP contribution in [0.5, 0.6) is 5.75 Å². The second-order valence-corrected chi connectivity index (χ2v) is 5.65. The SMILES string of the molecule is Cc1ccccc1OCC(O)CN(C)Cc1nnc(C)n1C. The summed E-state index contributed by atoms with van der Waals surface area (Å²) in [5, 5.41) is 18.3. The summed E-state index contributed by atoms with van der Waals surface area (Å²) in [7, 11) is 3.89.